The second-order valence-corrected chi connectivity index (χ2v) is 4.24. The summed E-state index contributed by atoms with van der Waals surface area (Å²) in [7, 11) is 0. The first-order chi connectivity index (χ1) is 10.3. The summed E-state index contributed by atoms with van der Waals surface area (Å²) in [6.45, 7) is -3.18. The zero-order valence-corrected chi connectivity index (χ0v) is 10.9. The van der Waals surface area contributed by atoms with Crippen molar-refractivity contribution in [2.45, 2.75) is 12.8 Å². The Morgan fingerprint density at radius 1 is 1.05 bits per heavy atom. The van der Waals surface area contributed by atoms with Gasteiger partial charge in [-0.1, -0.05) is 24.3 Å². The molecule has 0 unspecified atom stereocenters. The Labute approximate surface area is 122 Å². The third-order valence-electron chi connectivity index (χ3n) is 2.86. The van der Waals surface area contributed by atoms with Gasteiger partial charge in [-0.2, -0.15) is 27.2 Å². The first kappa shape index (κ1) is 15.8. The highest BCUT2D eigenvalue weighted by atomic mass is 19.4. The maximum atomic E-state index is 13.0. The van der Waals surface area contributed by atoms with Crippen LogP contribution in [0.5, 0.6) is 5.75 Å². The lowest BCUT2D eigenvalue weighted by Gasteiger charge is -2.14. The molecule has 0 saturated heterocycles. The molecule has 7 heteroatoms. The number of nitriles is 1. The maximum Gasteiger partial charge on any atom is 0.417 e. The first-order valence-corrected chi connectivity index (χ1v) is 5.98. The minimum Gasteiger partial charge on any atom is -0.433 e. The molecular weight excluding hydrogens is 305 g/mol. The molecule has 0 aromatic heterocycles. The van der Waals surface area contributed by atoms with Crippen LogP contribution in [0.4, 0.5) is 22.0 Å². The Morgan fingerprint density at radius 2 is 1.73 bits per heavy atom. The lowest BCUT2D eigenvalue weighted by atomic mass is 9.98. The van der Waals surface area contributed by atoms with Crippen LogP contribution in [0.3, 0.4) is 0 Å². The average molecular weight is 313 g/mol. The van der Waals surface area contributed by atoms with Crippen molar-refractivity contribution in [2.24, 2.45) is 0 Å². The minimum atomic E-state index is -4.59. The highest BCUT2D eigenvalue weighted by Crippen LogP contribution is 2.38. The molecule has 22 heavy (non-hydrogen) atoms. The third-order valence-corrected chi connectivity index (χ3v) is 2.86. The smallest absolute Gasteiger partial charge is 0.417 e. The summed E-state index contributed by atoms with van der Waals surface area (Å²) < 4.78 is 67.8. The number of halogens is 5. The summed E-state index contributed by atoms with van der Waals surface area (Å²) in [5.41, 5.74) is -1.24. The van der Waals surface area contributed by atoms with Gasteiger partial charge in [-0.15, -0.1) is 0 Å². The van der Waals surface area contributed by atoms with Gasteiger partial charge in [0, 0.05) is 0 Å². The van der Waals surface area contributed by atoms with Crippen molar-refractivity contribution in [2.75, 3.05) is 0 Å². The molecule has 0 spiro atoms. The zero-order chi connectivity index (χ0) is 16.3. The van der Waals surface area contributed by atoms with E-state index in [-0.39, 0.29) is 16.7 Å². The largest absolute Gasteiger partial charge is 0.433 e. The van der Waals surface area contributed by atoms with Gasteiger partial charge in [0.25, 0.3) is 0 Å². The van der Waals surface area contributed by atoms with Gasteiger partial charge in [0.05, 0.1) is 11.1 Å². The van der Waals surface area contributed by atoms with Gasteiger partial charge in [-0.3, -0.25) is 0 Å². The standard InChI is InChI=1S/C15H8F5NO/c16-14(17)22-13-7-9(5-6-10(13)8-21)11-3-1-2-4-12(11)15(18,19)20/h1-7,14H. The van der Waals surface area contributed by atoms with Crippen LogP contribution in [0.25, 0.3) is 11.1 Å². The van der Waals surface area contributed by atoms with Crippen molar-refractivity contribution in [3.8, 4) is 22.9 Å². The minimum absolute atomic E-state index is 0.0302. The molecule has 0 amide bonds. The lowest BCUT2D eigenvalue weighted by molar-refractivity contribution is -0.137. The van der Waals surface area contributed by atoms with Crippen molar-refractivity contribution in [1.82, 2.24) is 0 Å². The Morgan fingerprint density at radius 3 is 2.32 bits per heavy atom. The van der Waals surface area contributed by atoms with Gasteiger partial charge in [0.1, 0.15) is 11.8 Å². The predicted octanol–water partition coefficient (Wildman–Crippen LogP) is 4.85. The van der Waals surface area contributed by atoms with Crippen molar-refractivity contribution < 1.29 is 26.7 Å². The highest BCUT2D eigenvalue weighted by Gasteiger charge is 2.33. The number of ether oxygens (including phenoxy) is 1. The van der Waals surface area contributed by atoms with Crippen molar-refractivity contribution in [1.29, 1.82) is 5.26 Å². The summed E-state index contributed by atoms with van der Waals surface area (Å²) in [5.74, 6) is -0.466. The number of hydrogen-bond acceptors (Lipinski definition) is 2. The summed E-state index contributed by atoms with van der Waals surface area (Å²) in [5, 5.41) is 8.82. The molecule has 0 saturated carbocycles. The van der Waals surface area contributed by atoms with Gasteiger partial charge in [0.15, 0.2) is 0 Å². The number of rotatable bonds is 3. The monoisotopic (exact) mass is 313 g/mol. The van der Waals surface area contributed by atoms with Crippen LogP contribution in [0.15, 0.2) is 42.5 Å². The normalized spacial score (nSPS) is 11.3. The van der Waals surface area contributed by atoms with Crippen LogP contribution in [-0.2, 0) is 6.18 Å². The first-order valence-electron chi connectivity index (χ1n) is 5.98. The summed E-state index contributed by atoms with van der Waals surface area (Å²) >= 11 is 0. The molecule has 0 bridgehead atoms. The fourth-order valence-corrected chi connectivity index (χ4v) is 1.96. The van der Waals surface area contributed by atoms with Crippen LogP contribution in [0.1, 0.15) is 11.1 Å². The Bertz CT molecular complexity index is 719. The third kappa shape index (κ3) is 3.34. The van der Waals surface area contributed by atoms with E-state index in [1.165, 1.54) is 24.3 Å². The zero-order valence-electron chi connectivity index (χ0n) is 10.9. The summed E-state index contributed by atoms with van der Waals surface area (Å²) in [6, 6.07) is 9.77. The molecule has 0 N–H and O–H groups in total. The predicted molar refractivity (Wildman–Crippen MR) is 68.2 cm³/mol. The molecule has 0 aliphatic carbocycles. The molecule has 0 aliphatic rings. The van der Waals surface area contributed by atoms with E-state index >= 15 is 0 Å². The van der Waals surface area contributed by atoms with Gasteiger partial charge in [-0.25, -0.2) is 0 Å². The van der Waals surface area contributed by atoms with Crippen LogP contribution in [0.2, 0.25) is 0 Å². The van der Waals surface area contributed by atoms with E-state index in [0.717, 1.165) is 18.2 Å². The van der Waals surface area contributed by atoms with E-state index in [4.69, 9.17) is 5.26 Å². The van der Waals surface area contributed by atoms with E-state index < -0.39 is 24.1 Å². The van der Waals surface area contributed by atoms with Gasteiger partial charge >= 0.3 is 12.8 Å². The highest BCUT2D eigenvalue weighted by molar-refractivity contribution is 5.71. The lowest BCUT2D eigenvalue weighted by Crippen LogP contribution is -2.07. The molecule has 2 nitrogen and oxygen atoms in total. The second kappa shape index (κ2) is 6.02. The Kier molecular flexibility index (Phi) is 4.31. The Hall–Kier alpha value is -2.62. The van der Waals surface area contributed by atoms with E-state index in [1.54, 1.807) is 6.07 Å². The molecule has 2 rings (SSSR count). The van der Waals surface area contributed by atoms with Gasteiger partial charge in [-0.05, 0) is 29.3 Å². The molecule has 114 valence electrons. The van der Waals surface area contributed by atoms with Crippen LogP contribution < -0.4 is 4.74 Å². The van der Waals surface area contributed by atoms with Crippen LogP contribution in [0, 0.1) is 11.3 Å². The SMILES string of the molecule is N#Cc1ccc(-c2ccccc2C(F)(F)F)cc1OC(F)F. The van der Waals surface area contributed by atoms with E-state index in [0.29, 0.717) is 0 Å². The fraction of sp³-hybridized carbons (Fsp3) is 0.133. The molecule has 0 fully saturated rings. The van der Waals surface area contributed by atoms with Crippen molar-refractivity contribution in [3.63, 3.8) is 0 Å². The van der Waals surface area contributed by atoms with E-state index in [9.17, 15) is 22.0 Å². The molecule has 0 atom stereocenters. The van der Waals surface area contributed by atoms with Crippen LogP contribution >= 0.6 is 0 Å². The number of nitrogens with zero attached hydrogens (tertiary/aromatic N) is 1. The van der Waals surface area contributed by atoms with E-state index in [2.05, 4.69) is 4.74 Å². The number of benzene rings is 2. The molecular formula is C15H8F5NO. The van der Waals surface area contributed by atoms with Gasteiger partial charge in [0.2, 0.25) is 0 Å². The number of alkyl halides is 5. The van der Waals surface area contributed by atoms with Gasteiger partial charge < -0.3 is 4.74 Å². The maximum absolute atomic E-state index is 13.0. The molecule has 0 radical (unpaired) electrons. The molecule has 2 aromatic rings. The summed E-state index contributed by atoms with van der Waals surface area (Å²) in [4.78, 5) is 0. The summed E-state index contributed by atoms with van der Waals surface area (Å²) in [6.07, 6.45) is -4.59. The average Bonchev–Trinajstić information content (AvgIpc) is 2.45. The van der Waals surface area contributed by atoms with Crippen molar-refractivity contribution in [3.05, 3.63) is 53.6 Å². The Balaban J connectivity index is 2.58. The van der Waals surface area contributed by atoms with Crippen LogP contribution in [-0.4, -0.2) is 6.61 Å². The fourth-order valence-electron chi connectivity index (χ4n) is 1.96. The quantitative estimate of drug-likeness (QED) is 0.759. The van der Waals surface area contributed by atoms with Crippen molar-refractivity contribution >= 4 is 0 Å². The molecule has 0 aliphatic heterocycles. The second-order valence-electron chi connectivity index (χ2n) is 4.24. The van der Waals surface area contributed by atoms with E-state index in [1.807, 2.05) is 0 Å². The molecule has 2 aromatic carbocycles. The topological polar surface area (TPSA) is 33.0 Å². The molecule has 0 heterocycles. The number of hydrogen-bond donors (Lipinski definition) is 0.